The second-order valence-corrected chi connectivity index (χ2v) is 4.76. The first-order chi connectivity index (χ1) is 10.2. The van der Waals surface area contributed by atoms with E-state index in [1.54, 1.807) is 6.07 Å². The highest BCUT2D eigenvalue weighted by Crippen LogP contribution is 2.32. The summed E-state index contributed by atoms with van der Waals surface area (Å²) in [5, 5.41) is 12.7. The van der Waals surface area contributed by atoms with E-state index in [4.69, 9.17) is 9.47 Å². The molecule has 21 heavy (non-hydrogen) atoms. The summed E-state index contributed by atoms with van der Waals surface area (Å²) in [6.07, 6.45) is 0. The van der Waals surface area contributed by atoms with E-state index in [1.165, 1.54) is 19.2 Å². The first kappa shape index (κ1) is 13.3. The lowest BCUT2D eigenvalue weighted by atomic mass is 10.1. The molecule has 1 unspecified atom stereocenters. The summed E-state index contributed by atoms with van der Waals surface area (Å²) in [6, 6.07) is 11.9. The number of phenols is 1. The van der Waals surface area contributed by atoms with E-state index in [-0.39, 0.29) is 23.3 Å². The number of carbonyl (C=O) groups is 1. The van der Waals surface area contributed by atoms with Crippen LogP contribution >= 0.6 is 0 Å². The third kappa shape index (κ3) is 2.50. The van der Waals surface area contributed by atoms with E-state index in [0.29, 0.717) is 12.4 Å². The number of nitrogens with one attached hydrogen (secondary N) is 1. The minimum Gasteiger partial charge on any atom is -0.507 e. The maximum atomic E-state index is 12.3. The molecule has 0 fully saturated rings. The zero-order chi connectivity index (χ0) is 14.8. The predicted molar refractivity (Wildman–Crippen MR) is 76.8 cm³/mol. The Morgan fingerprint density at radius 3 is 2.95 bits per heavy atom. The lowest BCUT2D eigenvalue weighted by molar-refractivity contribution is 0.0927. The molecule has 0 saturated carbocycles. The van der Waals surface area contributed by atoms with Crippen molar-refractivity contribution < 1.29 is 19.4 Å². The van der Waals surface area contributed by atoms with Gasteiger partial charge in [-0.05, 0) is 24.3 Å². The van der Waals surface area contributed by atoms with Crippen LogP contribution in [0.2, 0.25) is 0 Å². The Morgan fingerprint density at radius 1 is 1.33 bits per heavy atom. The van der Waals surface area contributed by atoms with Crippen molar-refractivity contribution in [3.63, 3.8) is 0 Å². The van der Waals surface area contributed by atoms with E-state index in [9.17, 15) is 9.90 Å². The average molecular weight is 285 g/mol. The largest absolute Gasteiger partial charge is 0.507 e. The quantitative estimate of drug-likeness (QED) is 0.907. The van der Waals surface area contributed by atoms with Gasteiger partial charge in [-0.15, -0.1) is 0 Å². The second-order valence-electron chi connectivity index (χ2n) is 4.76. The molecule has 1 aliphatic rings. The van der Waals surface area contributed by atoms with Gasteiger partial charge in [-0.3, -0.25) is 4.79 Å². The van der Waals surface area contributed by atoms with Crippen LogP contribution in [0.15, 0.2) is 42.5 Å². The molecule has 108 valence electrons. The monoisotopic (exact) mass is 285 g/mol. The molecule has 1 atom stereocenters. The van der Waals surface area contributed by atoms with Crippen molar-refractivity contribution in [3.05, 3.63) is 53.6 Å². The average Bonchev–Trinajstić information content (AvgIpc) is 2.91. The first-order valence-electron chi connectivity index (χ1n) is 6.58. The molecule has 5 nitrogen and oxygen atoms in total. The molecule has 0 saturated heterocycles. The molecule has 2 N–H and O–H groups in total. The Kier molecular flexibility index (Phi) is 3.39. The lowest BCUT2D eigenvalue weighted by Crippen LogP contribution is -2.29. The number of methoxy groups -OCH3 is 1. The number of ether oxygens (including phenoxy) is 2. The fraction of sp³-hybridized carbons (Fsp3) is 0.188. The van der Waals surface area contributed by atoms with Crippen molar-refractivity contribution in [2.24, 2.45) is 0 Å². The van der Waals surface area contributed by atoms with Crippen LogP contribution in [0.4, 0.5) is 0 Å². The molecule has 1 amide bonds. The van der Waals surface area contributed by atoms with Gasteiger partial charge in [-0.1, -0.05) is 18.2 Å². The normalized spacial score (nSPS) is 16.0. The van der Waals surface area contributed by atoms with Gasteiger partial charge in [0.2, 0.25) is 0 Å². The maximum absolute atomic E-state index is 12.3. The first-order valence-corrected chi connectivity index (χ1v) is 6.58. The number of aromatic hydroxyl groups is 1. The van der Waals surface area contributed by atoms with Gasteiger partial charge in [0, 0.05) is 5.56 Å². The molecule has 0 aromatic heterocycles. The van der Waals surface area contributed by atoms with E-state index < -0.39 is 0 Å². The molecule has 0 aliphatic carbocycles. The van der Waals surface area contributed by atoms with Crippen LogP contribution in [-0.2, 0) is 0 Å². The van der Waals surface area contributed by atoms with Gasteiger partial charge in [-0.2, -0.15) is 0 Å². The molecule has 0 radical (unpaired) electrons. The standard InChI is InChI=1S/C16H15NO4/c1-20-10-6-7-14(18)12(8-10)16(19)17-13-9-21-15-5-3-2-4-11(13)15/h2-8,13,18H,9H2,1H3,(H,17,19). The summed E-state index contributed by atoms with van der Waals surface area (Å²) in [7, 11) is 1.51. The van der Waals surface area contributed by atoms with Gasteiger partial charge < -0.3 is 19.9 Å². The molecule has 0 spiro atoms. The number of hydrogen-bond donors (Lipinski definition) is 2. The summed E-state index contributed by atoms with van der Waals surface area (Å²) in [5.41, 5.74) is 1.12. The van der Waals surface area contributed by atoms with E-state index in [2.05, 4.69) is 5.32 Å². The fourth-order valence-corrected chi connectivity index (χ4v) is 2.34. The lowest BCUT2D eigenvalue weighted by Gasteiger charge is -2.13. The number of hydrogen-bond acceptors (Lipinski definition) is 4. The van der Waals surface area contributed by atoms with Crippen LogP contribution < -0.4 is 14.8 Å². The number of fused-ring (bicyclic) bond motifs is 1. The SMILES string of the molecule is COc1ccc(O)c(C(=O)NC2COc3ccccc32)c1. The molecule has 1 heterocycles. The molecule has 2 aromatic carbocycles. The third-order valence-electron chi connectivity index (χ3n) is 3.45. The summed E-state index contributed by atoms with van der Waals surface area (Å²) < 4.78 is 10.6. The van der Waals surface area contributed by atoms with Crippen LogP contribution in [0.1, 0.15) is 22.0 Å². The predicted octanol–water partition coefficient (Wildman–Crippen LogP) is 2.26. The Hall–Kier alpha value is -2.69. The minimum atomic E-state index is -0.364. The number of benzene rings is 2. The van der Waals surface area contributed by atoms with E-state index in [0.717, 1.165) is 11.3 Å². The smallest absolute Gasteiger partial charge is 0.255 e. The van der Waals surface area contributed by atoms with Gasteiger partial charge >= 0.3 is 0 Å². The Morgan fingerprint density at radius 2 is 2.14 bits per heavy atom. The molecule has 3 rings (SSSR count). The summed E-state index contributed by atoms with van der Waals surface area (Å²) in [6.45, 7) is 0.385. The van der Waals surface area contributed by atoms with Crippen molar-refractivity contribution >= 4 is 5.91 Å². The number of rotatable bonds is 3. The Bertz CT molecular complexity index is 684. The van der Waals surface area contributed by atoms with Crippen LogP contribution in [0.5, 0.6) is 17.2 Å². The summed E-state index contributed by atoms with van der Waals surface area (Å²) >= 11 is 0. The molecule has 2 aromatic rings. The van der Waals surface area contributed by atoms with Crippen molar-refractivity contribution in [2.75, 3.05) is 13.7 Å². The number of phenolic OH excluding ortho intramolecular Hbond substituents is 1. The van der Waals surface area contributed by atoms with Crippen LogP contribution in [0, 0.1) is 0 Å². The Labute approximate surface area is 122 Å². The van der Waals surface area contributed by atoms with Gasteiger partial charge in [0.1, 0.15) is 23.9 Å². The van der Waals surface area contributed by atoms with Crippen LogP contribution in [0.3, 0.4) is 0 Å². The van der Waals surface area contributed by atoms with Gasteiger partial charge in [0.05, 0.1) is 18.7 Å². The van der Waals surface area contributed by atoms with Crippen molar-refractivity contribution in [3.8, 4) is 17.2 Å². The fourth-order valence-electron chi connectivity index (χ4n) is 2.34. The van der Waals surface area contributed by atoms with Crippen molar-refractivity contribution in [2.45, 2.75) is 6.04 Å². The summed E-state index contributed by atoms with van der Waals surface area (Å²) in [5.74, 6) is 0.843. The zero-order valence-corrected chi connectivity index (χ0v) is 11.5. The molecule has 0 bridgehead atoms. The molecular weight excluding hydrogens is 270 g/mol. The van der Waals surface area contributed by atoms with E-state index in [1.807, 2.05) is 24.3 Å². The third-order valence-corrected chi connectivity index (χ3v) is 3.45. The van der Waals surface area contributed by atoms with Crippen molar-refractivity contribution in [1.82, 2.24) is 5.32 Å². The highest BCUT2D eigenvalue weighted by molar-refractivity contribution is 5.97. The topological polar surface area (TPSA) is 67.8 Å². The van der Waals surface area contributed by atoms with Gasteiger partial charge in [0.25, 0.3) is 5.91 Å². The van der Waals surface area contributed by atoms with Gasteiger partial charge in [-0.25, -0.2) is 0 Å². The highest BCUT2D eigenvalue weighted by atomic mass is 16.5. The van der Waals surface area contributed by atoms with Crippen molar-refractivity contribution in [1.29, 1.82) is 0 Å². The van der Waals surface area contributed by atoms with E-state index >= 15 is 0 Å². The number of amides is 1. The number of para-hydroxylation sites is 1. The molecule has 5 heteroatoms. The van der Waals surface area contributed by atoms with Crippen LogP contribution in [0.25, 0.3) is 0 Å². The zero-order valence-electron chi connectivity index (χ0n) is 11.5. The maximum Gasteiger partial charge on any atom is 0.255 e. The summed E-state index contributed by atoms with van der Waals surface area (Å²) in [4.78, 5) is 12.3. The second kappa shape index (κ2) is 5.36. The Balaban J connectivity index is 1.82. The minimum absolute atomic E-state index is 0.0829. The molecule has 1 aliphatic heterocycles. The van der Waals surface area contributed by atoms with Gasteiger partial charge in [0.15, 0.2) is 0 Å². The highest BCUT2D eigenvalue weighted by Gasteiger charge is 2.26. The number of carbonyl (C=O) groups excluding carboxylic acids is 1. The van der Waals surface area contributed by atoms with Crippen LogP contribution in [-0.4, -0.2) is 24.7 Å². The molecular formula is C16H15NO4.